The zero-order chi connectivity index (χ0) is 16.1. The summed E-state index contributed by atoms with van der Waals surface area (Å²) in [5.41, 5.74) is 5.94. The molecule has 122 valence electrons. The van der Waals surface area contributed by atoms with Crippen molar-refractivity contribution in [3.63, 3.8) is 0 Å². The first-order chi connectivity index (χ1) is 10.6. The Hall–Kier alpha value is -1.93. The minimum Gasteiger partial charge on any atom is -0.379 e. The molecule has 0 bridgehead atoms. The van der Waals surface area contributed by atoms with Crippen LogP contribution >= 0.6 is 0 Å². The highest BCUT2D eigenvalue weighted by molar-refractivity contribution is 5.70. The Bertz CT molecular complexity index is 666. The van der Waals surface area contributed by atoms with Gasteiger partial charge in [0, 0.05) is 6.61 Å². The van der Waals surface area contributed by atoms with Crippen LogP contribution in [0.15, 0.2) is 11.1 Å². The molecule has 0 aliphatic rings. The standard InChI is InChI=1S/C14H23N5O3/c1-4-6-21-7-9(3)22-10(5-2)19-8-16-11-12(19)17-14(15)18-13(11)20/h8-10H,4-7H2,1-3H3,(H3,15,17,18,20)/t9-,10+/m0/s1. The van der Waals surface area contributed by atoms with Crippen molar-refractivity contribution in [1.82, 2.24) is 19.5 Å². The first kappa shape index (κ1) is 16.4. The fourth-order valence-corrected chi connectivity index (χ4v) is 2.21. The number of fused-ring (bicyclic) bond motifs is 1. The van der Waals surface area contributed by atoms with Crippen molar-refractivity contribution < 1.29 is 9.47 Å². The lowest BCUT2D eigenvalue weighted by atomic mass is 10.3. The molecule has 2 atom stereocenters. The number of nitrogen functional groups attached to an aromatic ring is 1. The van der Waals surface area contributed by atoms with Crippen LogP contribution in [0, 0.1) is 0 Å². The van der Waals surface area contributed by atoms with Crippen LogP contribution < -0.4 is 11.3 Å². The van der Waals surface area contributed by atoms with Crippen LogP contribution in [-0.4, -0.2) is 38.8 Å². The zero-order valence-electron chi connectivity index (χ0n) is 13.2. The van der Waals surface area contributed by atoms with Crippen molar-refractivity contribution in [1.29, 1.82) is 0 Å². The Morgan fingerprint density at radius 3 is 2.91 bits per heavy atom. The first-order valence-electron chi connectivity index (χ1n) is 7.52. The molecule has 2 aromatic rings. The van der Waals surface area contributed by atoms with Crippen molar-refractivity contribution in [3.05, 3.63) is 16.7 Å². The minimum atomic E-state index is -0.351. The van der Waals surface area contributed by atoms with Gasteiger partial charge in [-0.1, -0.05) is 13.8 Å². The normalized spacial score (nSPS) is 14.3. The SMILES string of the molecule is CCCOC[C@H](C)O[C@H](CC)n1cnc2c(=O)[nH]c(N)nc21. The second kappa shape index (κ2) is 7.37. The van der Waals surface area contributed by atoms with Gasteiger partial charge in [-0.15, -0.1) is 0 Å². The summed E-state index contributed by atoms with van der Waals surface area (Å²) >= 11 is 0. The summed E-state index contributed by atoms with van der Waals surface area (Å²) in [7, 11) is 0. The lowest BCUT2D eigenvalue weighted by molar-refractivity contribution is -0.0791. The van der Waals surface area contributed by atoms with Gasteiger partial charge in [0.1, 0.15) is 6.23 Å². The van der Waals surface area contributed by atoms with Crippen LogP contribution in [0.4, 0.5) is 5.95 Å². The van der Waals surface area contributed by atoms with Gasteiger partial charge in [0.25, 0.3) is 5.56 Å². The number of ether oxygens (including phenoxy) is 2. The van der Waals surface area contributed by atoms with Gasteiger partial charge in [-0.3, -0.25) is 14.3 Å². The molecule has 0 aliphatic heterocycles. The molecule has 2 rings (SSSR count). The van der Waals surface area contributed by atoms with Gasteiger partial charge in [-0.2, -0.15) is 4.98 Å². The third kappa shape index (κ3) is 3.63. The fourth-order valence-electron chi connectivity index (χ4n) is 2.21. The van der Waals surface area contributed by atoms with Crippen molar-refractivity contribution in [3.8, 4) is 0 Å². The molecule has 0 unspecified atom stereocenters. The maximum Gasteiger partial charge on any atom is 0.280 e. The molecule has 2 heterocycles. The van der Waals surface area contributed by atoms with E-state index in [4.69, 9.17) is 15.2 Å². The van der Waals surface area contributed by atoms with Gasteiger partial charge >= 0.3 is 0 Å². The van der Waals surface area contributed by atoms with Crippen LogP contribution in [0.5, 0.6) is 0 Å². The van der Waals surface area contributed by atoms with E-state index in [9.17, 15) is 4.79 Å². The summed E-state index contributed by atoms with van der Waals surface area (Å²) in [6.45, 7) is 7.24. The predicted molar refractivity (Wildman–Crippen MR) is 83.5 cm³/mol. The van der Waals surface area contributed by atoms with E-state index in [-0.39, 0.29) is 29.4 Å². The highest BCUT2D eigenvalue weighted by atomic mass is 16.5. The number of nitrogens with zero attached hydrogens (tertiary/aromatic N) is 3. The number of anilines is 1. The lowest BCUT2D eigenvalue weighted by Gasteiger charge is -2.22. The molecule has 22 heavy (non-hydrogen) atoms. The molecule has 2 aromatic heterocycles. The summed E-state index contributed by atoms with van der Waals surface area (Å²) in [6.07, 6.45) is 2.88. The minimum absolute atomic E-state index is 0.0634. The highest BCUT2D eigenvalue weighted by Gasteiger charge is 2.18. The molecular formula is C14H23N5O3. The quantitative estimate of drug-likeness (QED) is 0.714. The number of imidazole rings is 1. The molecule has 8 heteroatoms. The summed E-state index contributed by atoms with van der Waals surface area (Å²) < 4.78 is 13.2. The van der Waals surface area contributed by atoms with Crippen molar-refractivity contribution in [2.24, 2.45) is 0 Å². The Kier molecular flexibility index (Phi) is 5.51. The predicted octanol–water partition coefficient (Wildman–Crippen LogP) is 1.44. The fraction of sp³-hybridized carbons (Fsp3) is 0.643. The number of aromatic amines is 1. The van der Waals surface area contributed by atoms with Gasteiger partial charge in [0.15, 0.2) is 11.2 Å². The Balaban J connectivity index is 2.19. The molecule has 0 spiro atoms. The summed E-state index contributed by atoms with van der Waals surface area (Å²) in [6, 6.07) is 0. The smallest absolute Gasteiger partial charge is 0.280 e. The average molecular weight is 309 g/mol. The van der Waals surface area contributed by atoms with Gasteiger partial charge in [-0.05, 0) is 19.8 Å². The van der Waals surface area contributed by atoms with Gasteiger partial charge < -0.3 is 15.2 Å². The van der Waals surface area contributed by atoms with Crippen molar-refractivity contribution >= 4 is 17.1 Å². The lowest BCUT2D eigenvalue weighted by Crippen LogP contribution is -2.23. The highest BCUT2D eigenvalue weighted by Crippen LogP contribution is 2.20. The summed E-state index contributed by atoms with van der Waals surface area (Å²) in [5.74, 6) is 0.0634. The molecule has 8 nitrogen and oxygen atoms in total. The maximum absolute atomic E-state index is 11.8. The van der Waals surface area contributed by atoms with E-state index in [1.165, 1.54) is 0 Å². The third-order valence-electron chi connectivity index (χ3n) is 3.20. The van der Waals surface area contributed by atoms with Crippen LogP contribution in [0.25, 0.3) is 11.2 Å². The monoisotopic (exact) mass is 309 g/mol. The van der Waals surface area contributed by atoms with Crippen LogP contribution in [-0.2, 0) is 9.47 Å². The van der Waals surface area contributed by atoms with Gasteiger partial charge in [0.05, 0.1) is 19.0 Å². The van der Waals surface area contributed by atoms with E-state index in [0.29, 0.717) is 25.3 Å². The summed E-state index contributed by atoms with van der Waals surface area (Å²) in [5, 5.41) is 0. The zero-order valence-corrected chi connectivity index (χ0v) is 13.2. The number of rotatable bonds is 8. The van der Waals surface area contributed by atoms with Crippen LogP contribution in [0.2, 0.25) is 0 Å². The van der Waals surface area contributed by atoms with Crippen LogP contribution in [0.3, 0.4) is 0 Å². The average Bonchev–Trinajstić information content (AvgIpc) is 2.89. The number of H-pyrrole nitrogens is 1. The van der Waals surface area contributed by atoms with Crippen molar-refractivity contribution in [2.75, 3.05) is 18.9 Å². The van der Waals surface area contributed by atoms with E-state index >= 15 is 0 Å². The van der Waals surface area contributed by atoms with E-state index in [1.807, 2.05) is 13.8 Å². The molecule has 0 amide bonds. The second-order valence-electron chi connectivity index (χ2n) is 5.16. The Morgan fingerprint density at radius 2 is 2.23 bits per heavy atom. The number of nitrogens with one attached hydrogen (secondary N) is 1. The Morgan fingerprint density at radius 1 is 1.45 bits per heavy atom. The van der Waals surface area contributed by atoms with Gasteiger partial charge in [0.2, 0.25) is 5.95 Å². The third-order valence-corrected chi connectivity index (χ3v) is 3.20. The molecule has 0 saturated carbocycles. The molecule has 0 fully saturated rings. The topological polar surface area (TPSA) is 108 Å². The molecule has 0 saturated heterocycles. The van der Waals surface area contributed by atoms with E-state index < -0.39 is 0 Å². The molecular weight excluding hydrogens is 286 g/mol. The Labute approximate surface area is 128 Å². The number of hydrogen-bond acceptors (Lipinski definition) is 6. The second-order valence-corrected chi connectivity index (χ2v) is 5.16. The summed E-state index contributed by atoms with van der Waals surface area (Å²) in [4.78, 5) is 22.5. The van der Waals surface area contributed by atoms with E-state index in [0.717, 1.165) is 6.42 Å². The molecule has 3 N–H and O–H groups in total. The van der Waals surface area contributed by atoms with Gasteiger partial charge in [-0.25, -0.2) is 4.98 Å². The molecule has 0 radical (unpaired) electrons. The van der Waals surface area contributed by atoms with Crippen molar-refractivity contribution in [2.45, 2.75) is 45.9 Å². The number of nitrogens with two attached hydrogens (primary N) is 1. The molecule has 0 aromatic carbocycles. The first-order valence-corrected chi connectivity index (χ1v) is 7.52. The number of aromatic nitrogens is 4. The largest absolute Gasteiger partial charge is 0.379 e. The van der Waals surface area contributed by atoms with Crippen LogP contribution in [0.1, 0.15) is 39.8 Å². The van der Waals surface area contributed by atoms with E-state index in [2.05, 4.69) is 21.9 Å². The maximum atomic E-state index is 11.8. The number of hydrogen-bond donors (Lipinski definition) is 2. The van der Waals surface area contributed by atoms with E-state index in [1.54, 1.807) is 10.9 Å². The molecule has 0 aliphatic carbocycles.